The van der Waals surface area contributed by atoms with E-state index in [2.05, 4.69) is 4.98 Å². The molecule has 0 aliphatic carbocycles. The lowest BCUT2D eigenvalue weighted by molar-refractivity contribution is 0.0968. The molecule has 0 spiro atoms. The van der Waals surface area contributed by atoms with Gasteiger partial charge in [-0.05, 0) is 18.6 Å². The first-order chi connectivity index (χ1) is 5.74. The monoisotopic (exact) mass is 161 g/mol. The molecule has 0 radical (unpaired) electrons. The van der Waals surface area contributed by atoms with Gasteiger partial charge in [-0.3, -0.25) is 15.1 Å². The lowest BCUT2D eigenvalue weighted by Gasteiger charge is -1.95. The molecule has 60 valence electrons. The third-order valence-corrected chi connectivity index (χ3v) is 1.31. The molecule has 0 aliphatic heterocycles. The minimum absolute atomic E-state index is 0.252. The van der Waals surface area contributed by atoms with Crippen LogP contribution < -0.4 is 5.32 Å². The first kappa shape index (κ1) is 8.21. The summed E-state index contributed by atoms with van der Waals surface area (Å²) >= 11 is 0. The zero-order chi connectivity index (χ0) is 8.97. The molecule has 0 aliphatic rings. The molecule has 1 heterocycles. The largest absolute Gasteiger partial charge is 0.282 e. The number of aryl methyl sites for hydroxylation is 1. The highest BCUT2D eigenvalue weighted by Gasteiger charge is 2.03. The van der Waals surface area contributed by atoms with Gasteiger partial charge in [-0.15, -0.1) is 0 Å². The average molecular weight is 161 g/mol. The van der Waals surface area contributed by atoms with Crippen LogP contribution in [-0.4, -0.2) is 10.9 Å². The molecule has 1 amide bonds. The number of amides is 1. The number of nitrogens with one attached hydrogen (secondary N) is 1. The summed E-state index contributed by atoms with van der Waals surface area (Å²) in [7, 11) is 0. The molecule has 4 heteroatoms. The third-order valence-electron chi connectivity index (χ3n) is 1.31. The minimum Gasteiger partial charge on any atom is -0.266 e. The minimum atomic E-state index is -0.475. The van der Waals surface area contributed by atoms with Crippen molar-refractivity contribution in [2.75, 3.05) is 0 Å². The molecule has 1 aromatic rings. The Morgan fingerprint density at radius 1 is 1.67 bits per heavy atom. The van der Waals surface area contributed by atoms with Crippen LogP contribution in [0, 0.1) is 18.4 Å². The van der Waals surface area contributed by atoms with E-state index in [1.165, 1.54) is 0 Å². The topological polar surface area (TPSA) is 65.8 Å². The SMILES string of the molecule is Cc1ccc(C(=O)NC#N)nc1. The van der Waals surface area contributed by atoms with Gasteiger partial charge in [-0.25, -0.2) is 0 Å². The molecule has 0 aromatic carbocycles. The highest BCUT2D eigenvalue weighted by atomic mass is 16.1. The maximum Gasteiger partial charge on any atom is 0.282 e. The summed E-state index contributed by atoms with van der Waals surface area (Å²) in [6.07, 6.45) is 3.12. The Bertz CT molecular complexity index is 323. The Balaban J connectivity index is 2.84. The van der Waals surface area contributed by atoms with Gasteiger partial charge in [-0.2, -0.15) is 5.26 Å². The highest BCUT2D eigenvalue weighted by molar-refractivity contribution is 5.93. The van der Waals surface area contributed by atoms with Crippen LogP contribution in [0.25, 0.3) is 0 Å². The van der Waals surface area contributed by atoms with Crippen molar-refractivity contribution in [3.63, 3.8) is 0 Å². The van der Waals surface area contributed by atoms with Gasteiger partial charge in [0, 0.05) is 6.20 Å². The summed E-state index contributed by atoms with van der Waals surface area (Å²) in [6.45, 7) is 1.87. The molecular weight excluding hydrogens is 154 g/mol. The van der Waals surface area contributed by atoms with Gasteiger partial charge >= 0.3 is 0 Å². The molecule has 12 heavy (non-hydrogen) atoms. The van der Waals surface area contributed by atoms with Crippen molar-refractivity contribution in [1.82, 2.24) is 10.3 Å². The van der Waals surface area contributed by atoms with Crippen LogP contribution >= 0.6 is 0 Å². The maximum absolute atomic E-state index is 11.0. The second kappa shape index (κ2) is 3.49. The number of aromatic nitrogens is 1. The number of carbonyl (C=O) groups is 1. The molecule has 0 saturated carbocycles. The molecule has 1 N–H and O–H groups in total. The van der Waals surface area contributed by atoms with Gasteiger partial charge < -0.3 is 0 Å². The maximum atomic E-state index is 11.0. The summed E-state index contributed by atoms with van der Waals surface area (Å²) in [6, 6.07) is 3.33. The van der Waals surface area contributed by atoms with Crippen molar-refractivity contribution in [1.29, 1.82) is 5.26 Å². The Morgan fingerprint density at radius 2 is 2.42 bits per heavy atom. The van der Waals surface area contributed by atoms with Crippen molar-refractivity contribution in [3.8, 4) is 6.19 Å². The quantitative estimate of drug-likeness (QED) is 0.484. The number of nitrogens with zero attached hydrogens (tertiary/aromatic N) is 2. The fraction of sp³-hybridized carbons (Fsp3) is 0.125. The van der Waals surface area contributed by atoms with Crippen molar-refractivity contribution in [2.45, 2.75) is 6.92 Å². The van der Waals surface area contributed by atoms with E-state index in [1.54, 1.807) is 24.5 Å². The molecule has 0 unspecified atom stereocenters. The van der Waals surface area contributed by atoms with E-state index in [9.17, 15) is 4.79 Å². The summed E-state index contributed by atoms with van der Waals surface area (Å²) in [5.41, 5.74) is 1.23. The molecule has 1 aromatic heterocycles. The molecule has 4 nitrogen and oxygen atoms in total. The van der Waals surface area contributed by atoms with Crippen LogP contribution in [0.5, 0.6) is 0 Å². The Kier molecular flexibility index (Phi) is 2.38. The predicted octanol–water partition coefficient (Wildman–Crippen LogP) is 0.601. The van der Waals surface area contributed by atoms with Gasteiger partial charge in [0.2, 0.25) is 0 Å². The first-order valence-electron chi connectivity index (χ1n) is 3.36. The average Bonchev–Trinajstić information content (AvgIpc) is 2.06. The summed E-state index contributed by atoms with van der Waals surface area (Å²) in [5.74, 6) is -0.475. The molecule has 0 bridgehead atoms. The van der Waals surface area contributed by atoms with E-state index in [-0.39, 0.29) is 5.69 Å². The lowest BCUT2D eigenvalue weighted by Crippen LogP contribution is -2.18. The van der Waals surface area contributed by atoms with Crippen molar-refractivity contribution >= 4 is 5.91 Å². The van der Waals surface area contributed by atoms with Crippen LogP contribution in [0.2, 0.25) is 0 Å². The van der Waals surface area contributed by atoms with Gasteiger partial charge in [0.25, 0.3) is 5.91 Å². The molecule has 0 fully saturated rings. The van der Waals surface area contributed by atoms with Crippen LogP contribution in [0.1, 0.15) is 16.1 Å². The summed E-state index contributed by atoms with van der Waals surface area (Å²) < 4.78 is 0. The fourth-order valence-corrected chi connectivity index (χ4v) is 0.717. The van der Waals surface area contributed by atoms with Crippen LogP contribution in [0.4, 0.5) is 0 Å². The van der Waals surface area contributed by atoms with Gasteiger partial charge in [0.15, 0.2) is 6.19 Å². The highest BCUT2D eigenvalue weighted by Crippen LogP contribution is 1.97. The predicted molar refractivity (Wildman–Crippen MR) is 42.1 cm³/mol. The van der Waals surface area contributed by atoms with E-state index in [0.29, 0.717) is 0 Å². The Hall–Kier alpha value is -1.89. The van der Waals surface area contributed by atoms with Crippen molar-refractivity contribution in [3.05, 3.63) is 29.6 Å². The van der Waals surface area contributed by atoms with Crippen molar-refractivity contribution in [2.24, 2.45) is 0 Å². The van der Waals surface area contributed by atoms with E-state index in [0.717, 1.165) is 5.56 Å². The molecule has 0 saturated heterocycles. The van der Waals surface area contributed by atoms with Gasteiger partial charge in [0.1, 0.15) is 5.69 Å². The molecule has 0 atom stereocenters. The second-order valence-electron chi connectivity index (χ2n) is 2.29. The van der Waals surface area contributed by atoms with Crippen LogP contribution in [0.3, 0.4) is 0 Å². The molecular formula is C8H7N3O. The number of hydrogen-bond donors (Lipinski definition) is 1. The number of carbonyl (C=O) groups excluding carboxylic acids is 1. The smallest absolute Gasteiger partial charge is 0.266 e. The number of nitriles is 1. The van der Waals surface area contributed by atoms with E-state index >= 15 is 0 Å². The number of pyridine rings is 1. The van der Waals surface area contributed by atoms with Crippen molar-refractivity contribution < 1.29 is 4.79 Å². The first-order valence-corrected chi connectivity index (χ1v) is 3.36. The Labute approximate surface area is 69.8 Å². The van der Waals surface area contributed by atoms with Gasteiger partial charge in [-0.1, -0.05) is 6.07 Å². The second-order valence-corrected chi connectivity index (χ2v) is 2.29. The zero-order valence-corrected chi connectivity index (χ0v) is 6.53. The van der Waals surface area contributed by atoms with Crippen LogP contribution in [-0.2, 0) is 0 Å². The van der Waals surface area contributed by atoms with E-state index in [1.807, 2.05) is 12.2 Å². The van der Waals surface area contributed by atoms with E-state index < -0.39 is 5.91 Å². The zero-order valence-electron chi connectivity index (χ0n) is 6.53. The fourth-order valence-electron chi connectivity index (χ4n) is 0.717. The van der Waals surface area contributed by atoms with Gasteiger partial charge in [0.05, 0.1) is 0 Å². The standard InChI is InChI=1S/C8H7N3O/c1-6-2-3-7(10-4-6)8(12)11-5-9/h2-4H,1H3,(H,11,12). The molecule has 1 rings (SSSR count). The summed E-state index contributed by atoms with van der Waals surface area (Å²) in [5, 5.41) is 10.1. The summed E-state index contributed by atoms with van der Waals surface area (Å²) in [4.78, 5) is 14.8. The number of hydrogen-bond acceptors (Lipinski definition) is 3. The normalized spacial score (nSPS) is 8.67. The lowest BCUT2D eigenvalue weighted by atomic mass is 10.3. The Morgan fingerprint density at radius 3 is 2.92 bits per heavy atom. The van der Waals surface area contributed by atoms with Crippen LogP contribution in [0.15, 0.2) is 18.3 Å². The van der Waals surface area contributed by atoms with E-state index in [4.69, 9.17) is 5.26 Å². The number of rotatable bonds is 1. The third kappa shape index (κ3) is 1.80.